The van der Waals surface area contributed by atoms with E-state index in [4.69, 9.17) is 37.4 Å². The predicted molar refractivity (Wildman–Crippen MR) is 102 cm³/mol. The lowest BCUT2D eigenvalue weighted by molar-refractivity contribution is 0.174. The second-order valence-electron chi connectivity index (χ2n) is 5.51. The summed E-state index contributed by atoms with van der Waals surface area (Å²) < 4.78 is 42.9. The minimum Gasteiger partial charge on any atom is -0.481 e. The van der Waals surface area contributed by atoms with Crippen LogP contribution in [0.3, 0.4) is 0 Å². The molecule has 0 spiro atoms. The quantitative estimate of drug-likeness (QED) is 0.740. The summed E-state index contributed by atoms with van der Waals surface area (Å²) in [5, 5.41) is 0.455. The van der Waals surface area contributed by atoms with Gasteiger partial charge in [0.2, 0.25) is 16.8 Å². The Hall–Kier alpha value is -2.11. The summed E-state index contributed by atoms with van der Waals surface area (Å²) in [4.78, 5) is -0.0375. The van der Waals surface area contributed by atoms with E-state index in [0.29, 0.717) is 27.8 Å². The molecule has 9 heteroatoms. The standard InChI is InChI=1S/C18H15Cl2NO5S/c1-12-8-18(15(20)10-14(12)19)27(22,23)21-6-2-3-7-24-13-4-5-16-17(9-13)26-11-25-16/h4-5,8-10,21H,6-7,11H2,1H3. The Balaban J connectivity index is 1.53. The van der Waals surface area contributed by atoms with Crippen molar-refractivity contribution in [3.05, 3.63) is 45.9 Å². The summed E-state index contributed by atoms with van der Waals surface area (Å²) in [6.45, 7) is 1.91. The van der Waals surface area contributed by atoms with Crippen LogP contribution in [0.5, 0.6) is 17.2 Å². The normalized spacial score (nSPS) is 12.4. The Morgan fingerprint density at radius 2 is 1.89 bits per heavy atom. The van der Waals surface area contributed by atoms with Gasteiger partial charge < -0.3 is 14.2 Å². The Morgan fingerprint density at radius 1 is 1.11 bits per heavy atom. The zero-order valence-electron chi connectivity index (χ0n) is 14.2. The molecule has 142 valence electrons. The Bertz CT molecular complexity index is 1030. The fourth-order valence-corrected chi connectivity index (χ4v) is 4.00. The van der Waals surface area contributed by atoms with Gasteiger partial charge in [0.25, 0.3) is 0 Å². The Kier molecular flexibility index (Phi) is 6.02. The van der Waals surface area contributed by atoms with Crippen LogP contribution in [0, 0.1) is 18.8 Å². The van der Waals surface area contributed by atoms with Gasteiger partial charge in [-0.15, -0.1) is 0 Å². The van der Waals surface area contributed by atoms with E-state index in [2.05, 4.69) is 16.6 Å². The molecule has 0 atom stereocenters. The van der Waals surface area contributed by atoms with E-state index in [-0.39, 0.29) is 29.9 Å². The van der Waals surface area contributed by atoms with Crippen molar-refractivity contribution in [3.63, 3.8) is 0 Å². The average molecular weight is 428 g/mol. The molecule has 0 aliphatic carbocycles. The summed E-state index contributed by atoms with van der Waals surface area (Å²) in [6.07, 6.45) is 0. The van der Waals surface area contributed by atoms with Gasteiger partial charge in [-0.2, -0.15) is 4.72 Å². The van der Waals surface area contributed by atoms with E-state index in [9.17, 15) is 8.42 Å². The van der Waals surface area contributed by atoms with Gasteiger partial charge in [0, 0.05) is 11.1 Å². The third-order valence-corrected chi connectivity index (χ3v) is 5.91. The molecule has 0 aromatic heterocycles. The summed E-state index contributed by atoms with van der Waals surface area (Å²) >= 11 is 11.9. The highest BCUT2D eigenvalue weighted by Crippen LogP contribution is 2.35. The molecule has 0 radical (unpaired) electrons. The molecule has 1 N–H and O–H groups in total. The lowest BCUT2D eigenvalue weighted by Gasteiger charge is -2.08. The molecule has 0 fully saturated rings. The number of ether oxygens (including phenoxy) is 3. The van der Waals surface area contributed by atoms with Gasteiger partial charge in [-0.05, 0) is 36.8 Å². The van der Waals surface area contributed by atoms with Crippen LogP contribution in [0.4, 0.5) is 0 Å². The highest BCUT2D eigenvalue weighted by atomic mass is 35.5. The number of sulfonamides is 1. The van der Waals surface area contributed by atoms with Gasteiger partial charge in [0.15, 0.2) is 11.5 Å². The van der Waals surface area contributed by atoms with E-state index < -0.39 is 10.0 Å². The van der Waals surface area contributed by atoms with Crippen molar-refractivity contribution in [1.29, 1.82) is 0 Å². The van der Waals surface area contributed by atoms with Crippen molar-refractivity contribution in [2.45, 2.75) is 11.8 Å². The SMILES string of the molecule is Cc1cc(S(=O)(=O)NCC#CCOc2ccc3c(c2)OCO3)c(Cl)cc1Cl. The first-order valence-electron chi connectivity index (χ1n) is 7.80. The van der Waals surface area contributed by atoms with Crippen molar-refractivity contribution in [2.24, 2.45) is 0 Å². The van der Waals surface area contributed by atoms with Crippen LogP contribution in [0.25, 0.3) is 0 Å². The van der Waals surface area contributed by atoms with E-state index in [0.717, 1.165) is 0 Å². The minimum atomic E-state index is -3.79. The summed E-state index contributed by atoms with van der Waals surface area (Å²) in [6, 6.07) is 8.01. The summed E-state index contributed by atoms with van der Waals surface area (Å²) in [7, 11) is -3.79. The zero-order valence-corrected chi connectivity index (χ0v) is 16.5. The first-order valence-corrected chi connectivity index (χ1v) is 10.0. The molecule has 0 unspecified atom stereocenters. The monoisotopic (exact) mass is 427 g/mol. The maximum Gasteiger partial charge on any atom is 0.242 e. The topological polar surface area (TPSA) is 73.9 Å². The number of fused-ring (bicyclic) bond motifs is 1. The summed E-state index contributed by atoms with van der Waals surface area (Å²) in [5.74, 6) is 7.29. The van der Waals surface area contributed by atoms with Gasteiger partial charge in [0.1, 0.15) is 17.3 Å². The van der Waals surface area contributed by atoms with Crippen LogP contribution in [0.2, 0.25) is 10.0 Å². The third-order valence-electron chi connectivity index (χ3n) is 3.63. The molecule has 0 bridgehead atoms. The maximum absolute atomic E-state index is 12.3. The molecule has 6 nitrogen and oxygen atoms in total. The predicted octanol–water partition coefficient (Wildman–Crippen LogP) is 3.39. The second kappa shape index (κ2) is 8.28. The van der Waals surface area contributed by atoms with E-state index in [1.165, 1.54) is 12.1 Å². The van der Waals surface area contributed by atoms with Crippen LogP contribution in [0.15, 0.2) is 35.2 Å². The van der Waals surface area contributed by atoms with E-state index in [1.807, 2.05) is 0 Å². The van der Waals surface area contributed by atoms with Gasteiger partial charge >= 0.3 is 0 Å². The fraction of sp³-hybridized carbons (Fsp3) is 0.222. The van der Waals surface area contributed by atoms with Crippen molar-refractivity contribution < 1.29 is 22.6 Å². The van der Waals surface area contributed by atoms with Crippen molar-refractivity contribution >= 4 is 33.2 Å². The lowest BCUT2D eigenvalue weighted by Crippen LogP contribution is -2.24. The van der Waals surface area contributed by atoms with Crippen LogP contribution in [-0.4, -0.2) is 28.4 Å². The molecule has 2 aromatic carbocycles. The number of hydrogen-bond donors (Lipinski definition) is 1. The third kappa shape index (κ3) is 4.79. The summed E-state index contributed by atoms with van der Waals surface area (Å²) in [5.41, 5.74) is 0.615. The van der Waals surface area contributed by atoms with Crippen molar-refractivity contribution in [3.8, 4) is 29.1 Å². The number of hydrogen-bond acceptors (Lipinski definition) is 5. The Morgan fingerprint density at radius 3 is 2.70 bits per heavy atom. The first kappa shape index (κ1) is 19.6. The molecule has 1 aliphatic rings. The van der Waals surface area contributed by atoms with Gasteiger partial charge in [0.05, 0.1) is 11.6 Å². The molecule has 27 heavy (non-hydrogen) atoms. The molecule has 0 amide bonds. The number of aryl methyl sites for hydroxylation is 1. The molecule has 1 heterocycles. The maximum atomic E-state index is 12.3. The number of nitrogens with one attached hydrogen (secondary N) is 1. The zero-order chi connectivity index (χ0) is 19.4. The molecular formula is C18H15Cl2NO5S. The van der Waals surface area contributed by atoms with Crippen LogP contribution < -0.4 is 18.9 Å². The second-order valence-corrected chi connectivity index (χ2v) is 8.06. The van der Waals surface area contributed by atoms with Gasteiger partial charge in [-0.1, -0.05) is 35.0 Å². The van der Waals surface area contributed by atoms with Crippen LogP contribution in [0.1, 0.15) is 5.56 Å². The van der Waals surface area contributed by atoms with Gasteiger partial charge in [-0.3, -0.25) is 0 Å². The number of rotatable bonds is 5. The average Bonchev–Trinajstić information content (AvgIpc) is 3.08. The largest absolute Gasteiger partial charge is 0.481 e. The smallest absolute Gasteiger partial charge is 0.242 e. The highest BCUT2D eigenvalue weighted by molar-refractivity contribution is 7.89. The molecule has 2 aromatic rings. The highest BCUT2D eigenvalue weighted by Gasteiger charge is 2.18. The van der Waals surface area contributed by atoms with Crippen LogP contribution in [-0.2, 0) is 10.0 Å². The minimum absolute atomic E-state index is 0.0375. The van der Waals surface area contributed by atoms with E-state index >= 15 is 0 Å². The number of benzene rings is 2. The molecule has 0 saturated heterocycles. The molecular weight excluding hydrogens is 413 g/mol. The van der Waals surface area contributed by atoms with Crippen LogP contribution >= 0.6 is 23.2 Å². The van der Waals surface area contributed by atoms with Crippen molar-refractivity contribution in [2.75, 3.05) is 19.9 Å². The van der Waals surface area contributed by atoms with E-state index in [1.54, 1.807) is 25.1 Å². The fourth-order valence-electron chi connectivity index (χ4n) is 2.25. The lowest BCUT2D eigenvalue weighted by atomic mass is 10.2. The van der Waals surface area contributed by atoms with Crippen molar-refractivity contribution in [1.82, 2.24) is 4.72 Å². The first-order chi connectivity index (χ1) is 12.9. The molecule has 3 rings (SSSR count). The molecule has 1 aliphatic heterocycles. The number of halogens is 2. The molecule has 0 saturated carbocycles. The van der Waals surface area contributed by atoms with Gasteiger partial charge in [-0.25, -0.2) is 8.42 Å². The Labute approximate surface area is 167 Å².